The minimum absolute atomic E-state index is 0.487. The molecule has 0 amide bonds. The molecule has 14 rings (SSSR count). The molecule has 0 bridgehead atoms. The third-order valence-electron chi connectivity index (χ3n) is 13.6. The van der Waals surface area contributed by atoms with Crippen molar-refractivity contribution < 1.29 is 0 Å². The Bertz CT molecular complexity index is 3740. The van der Waals surface area contributed by atoms with E-state index >= 15 is 0 Å². The Hall–Kier alpha value is -8.41. The first-order valence-corrected chi connectivity index (χ1v) is 21.5. The summed E-state index contributed by atoms with van der Waals surface area (Å²) in [5.41, 5.74) is 17.2. The van der Waals surface area contributed by atoms with Gasteiger partial charge in [0.1, 0.15) is 0 Å². The molecule has 0 fully saturated rings. The number of para-hydroxylation sites is 2. The molecule has 0 atom stereocenters. The van der Waals surface area contributed by atoms with Gasteiger partial charge in [0, 0.05) is 38.4 Å². The fourth-order valence-corrected chi connectivity index (χ4v) is 11.0. The van der Waals surface area contributed by atoms with E-state index in [1.807, 2.05) is 36.4 Å². The molecule has 3 aromatic heterocycles. The Morgan fingerprint density at radius 2 is 0.746 bits per heavy atom. The monoisotopic (exact) mass is 801 g/mol. The van der Waals surface area contributed by atoms with Crippen LogP contribution in [-0.4, -0.2) is 24.1 Å². The number of benzene rings is 9. The summed E-state index contributed by atoms with van der Waals surface area (Å²) in [5, 5.41) is 4.64. The van der Waals surface area contributed by atoms with Crippen molar-refractivity contribution in [2.45, 2.75) is 5.41 Å². The van der Waals surface area contributed by atoms with Crippen LogP contribution in [0, 0.1) is 0 Å². The summed E-state index contributed by atoms with van der Waals surface area (Å²) in [6, 6.07) is 76.7. The second kappa shape index (κ2) is 12.8. The molecular formula is C58H35N5. The third-order valence-corrected chi connectivity index (χ3v) is 13.6. The van der Waals surface area contributed by atoms with Crippen molar-refractivity contribution in [3.05, 3.63) is 235 Å². The van der Waals surface area contributed by atoms with Gasteiger partial charge in [0.05, 0.1) is 27.5 Å². The maximum absolute atomic E-state index is 5.37. The highest BCUT2D eigenvalue weighted by molar-refractivity contribution is 6.20. The predicted octanol–water partition coefficient (Wildman–Crippen LogP) is 13.7. The molecule has 3 heterocycles. The Morgan fingerprint density at radius 3 is 1.35 bits per heavy atom. The molecule has 63 heavy (non-hydrogen) atoms. The van der Waals surface area contributed by atoms with Crippen LogP contribution in [-0.2, 0) is 5.41 Å². The lowest BCUT2D eigenvalue weighted by molar-refractivity contribution is 0.795. The van der Waals surface area contributed by atoms with Crippen molar-refractivity contribution in [3.8, 4) is 56.7 Å². The van der Waals surface area contributed by atoms with Gasteiger partial charge in [0.15, 0.2) is 11.6 Å². The number of fused-ring (bicyclic) bond motifs is 16. The molecular weight excluding hydrogens is 767 g/mol. The summed E-state index contributed by atoms with van der Waals surface area (Å²) in [4.78, 5) is 15.9. The molecule has 1 spiro atoms. The quantitative estimate of drug-likeness (QED) is 0.178. The van der Waals surface area contributed by atoms with Crippen molar-refractivity contribution in [2.75, 3.05) is 0 Å². The first-order chi connectivity index (χ1) is 31.3. The standard InChI is InChI=1S/C58H35N5/c1-4-18-36(19-5-1)55-59-56(37-20-6-2-7-21-37)61-57(60-55)63-53-33-43-41-26-12-16-30-49(41)58(47-28-14-10-24-39(47)40-25-11-15-29-48(40)58)50(43)32-44(53)46-35-52-45(34-54(46)63)42-27-13-17-31-51(42)62(52)38-22-8-3-9-23-38/h1-35H. The van der Waals surface area contributed by atoms with E-state index in [0.29, 0.717) is 17.6 Å². The lowest BCUT2D eigenvalue weighted by Gasteiger charge is -2.30. The maximum atomic E-state index is 5.37. The number of nitrogens with zero attached hydrogens (tertiary/aromatic N) is 5. The van der Waals surface area contributed by atoms with Gasteiger partial charge < -0.3 is 4.57 Å². The molecule has 2 aliphatic rings. The number of rotatable bonds is 4. The zero-order chi connectivity index (χ0) is 41.2. The largest absolute Gasteiger partial charge is 0.309 e. The van der Waals surface area contributed by atoms with Crippen molar-refractivity contribution >= 4 is 43.6 Å². The SMILES string of the molecule is c1ccc(-c2nc(-c3ccccc3)nc(-n3c4cc5c(cc4c4cc6c(cc43)c3ccccc3n6-c3ccccc3)C3(c4ccccc4-c4ccccc43)c3ccccc3-5)n2)cc1. The van der Waals surface area contributed by atoms with Gasteiger partial charge in [-0.15, -0.1) is 0 Å². The minimum Gasteiger partial charge on any atom is -0.309 e. The van der Waals surface area contributed by atoms with Crippen LogP contribution in [0.2, 0.25) is 0 Å². The van der Waals surface area contributed by atoms with E-state index in [1.54, 1.807) is 0 Å². The van der Waals surface area contributed by atoms with Crippen molar-refractivity contribution in [3.63, 3.8) is 0 Å². The summed E-state index contributed by atoms with van der Waals surface area (Å²) < 4.78 is 4.70. The molecule has 12 aromatic rings. The summed E-state index contributed by atoms with van der Waals surface area (Å²) >= 11 is 0. The van der Waals surface area contributed by atoms with Gasteiger partial charge in [0.25, 0.3) is 0 Å². The summed E-state index contributed by atoms with van der Waals surface area (Å²) in [5.74, 6) is 1.83. The molecule has 2 aliphatic carbocycles. The minimum atomic E-state index is -0.487. The van der Waals surface area contributed by atoms with Crippen molar-refractivity contribution in [2.24, 2.45) is 0 Å². The molecule has 0 aliphatic heterocycles. The second-order valence-electron chi connectivity index (χ2n) is 16.7. The lowest BCUT2D eigenvalue weighted by atomic mass is 9.70. The highest BCUT2D eigenvalue weighted by atomic mass is 15.2. The lowest BCUT2D eigenvalue weighted by Crippen LogP contribution is -2.25. The van der Waals surface area contributed by atoms with Crippen LogP contribution in [0.4, 0.5) is 0 Å². The van der Waals surface area contributed by atoms with E-state index in [9.17, 15) is 0 Å². The average molecular weight is 802 g/mol. The predicted molar refractivity (Wildman–Crippen MR) is 256 cm³/mol. The molecule has 0 N–H and O–H groups in total. The molecule has 9 aromatic carbocycles. The van der Waals surface area contributed by atoms with Crippen LogP contribution in [0.25, 0.3) is 100 Å². The van der Waals surface area contributed by atoms with E-state index < -0.39 is 5.41 Å². The zero-order valence-corrected chi connectivity index (χ0v) is 33.9. The fourth-order valence-electron chi connectivity index (χ4n) is 11.0. The Balaban J connectivity index is 1.16. The van der Waals surface area contributed by atoms with E-state index in [0.717, 1.165) is 49.7 Å². The molecule has 0 saturated carbocycles. The second-order valence-corrected chi connectivity index (χ2v) is 16.7. The van der Waals surface area contributed by atoms with Crippen LogP contribution in [0.5, 0.6) is 0 Å². The van der Waals surface area contributed by atoms with Crippen LogP contribution < -0.4 is 0 Å². The zero-order valence-electron chi connectivity index (χ0n) is 33.9. The van der Waals surface area contributed by atoms with Gasteiger partial charge in [-0.1, -0.05) is 170 Å². The Morgan fingerprint density at radius 1 is 0.302 bits per heavy atom. The van der Waals surface area contributed by atoms with Gasteiger partial charge in [-0.3, -0.25) is 4.57 Å². The number of hydrogen-bond acceptors (Lipinski definition) is 3. The Labute approximate surface area is 362 Å². The summed E-state index contributed by atoms with van der Waals surface area (Å²) in [6.45, 7) is 0. The first kappa shape index (κ1) is 34.3. The van der Waals surface area contributed by atoms with Gasteiger partial charge in [0.2, 0.25) is 5.95 Å². The normalized spacial score (nSPS) is 13.2. The molecule has 5 nitrogen and oxygen atoms in total. The summed E-state index contributed by atoms with van der Waals surface area (Å²) in [7, 11) is 0. The third kappa shape index (κ3) is 4.63. The van der Waals surface area contributed by atoms with Crippen molar-refractivity contribution in [1.82, 2.24) is 24.1 Å². The average Bonchev–Trinajstić information content (AvgIpc) is 4.05. The molecule has 0 saturated heterocycles. The van der Waals surface area contributed by atoms with Crippen LogP contribution >= 0.6 is 0 Å². The van der Waals surface area contributed by atoms with E-state index in [-0.39, 0.29) is 0 Å². The van der Waals surface area contributed by atoms with E-state index in [2.05, 4.69) is 185 Å². The summed E-state index contributed by atoms with van der Waals surface area (Å²) in [6.07, 6.45) is 0. The number of aromatic nitrogens is 5. The smallest absolute Gasteiger partial charge is 0.238 e. The van der Waals surface area contributed by atoms with Crippen LogP contribution in [0.15, 0.2) is 212 Å². The molecule has 292 valence electrons. The Kier molecular flexibility index (Phi) is 6.97. The molecule has 5 heteroatoms. The van der Waals surface area contributed by atoms with E-state index in [1.165, 1.54) is 55.3 Å². The van der Waals surface area contributed by atoms with Crippen LogP contribution in [0.3, 0.4) is 0 Å². The van der Waals surface area contributed by atoms with Crippen molar-refractivity contribution in [1.29, 1.82) is 0 Å². The van der Waals surface area contributed by atoms with Crippen LogP contribution in [0.1, 0.15) is 22.3 Å². The van der Waals surface area contributed by atoms with E-state index in [4.69, 9.17) is 15.0 Å². The maximum Gasteiger partial charge on any atom is 0.238 e. The highest BCUT2D eigenvalue weighted by Gasteiger charge is 2.51. The van der Waals surface area contributed by atoms with Gasteiger partial charge in [-0.2, -0.15) is 9.97 Å². The van der Waals surface area contributed by atoms with Gasteiger partial charge >= 0.3 is 0 Å². The van der Waals surface area contributed by atoms with Gasteiger partial charge in [-0.05, 0) is 87.0 Å². The first-order valence-electron chi connectivity index (χ1n) is 21.5. The van der Waals surface area contributed by atoms with Gasteiger partial charge in [-0.25, -0.2) is 4.98 Å². The molecule has 0 radical (unpaired) electrons. The number of hydrogen-bond donors (Lipinski definition) is 0. The fraction of sp³-hybridized carbons (Fsp3) is 0.0172. The highest BCUT2D eigenvalue weighted by Crippen LogP contribution is 2.63. The topological polar surface area (TPSA) is 48.5 Å². The molecule has 0 unspecified atom stereocenters.